The maximum absolute atomic E-state index is 11.6. The fourth-order valence-electron chi connectivity index (χ4n) is 1.21. The molecule has 1 aromatic heterocycles. The monoisotopic (exact) mass is 196 g/mol. The minimum Gasteiger partial charge on any atom is -0.349 e. The van der Waals surface area contributed by atoms with E-state index >= 15 is 0 Å². The molecular weight excluding hydrogens is 180 g/mol. The Morgan fingerprint density at radius 2 is 2.29 bits per heavy atom. The number of aryl methyl sites for hydroxylation is 2. The van der Waals surface area contributed by atoms with Gasteiger partial charge in [0.2, 0.25) is 0 Å². The standard InChI is InChI=1S/C9H16N4O/c1-7-6-8(13(3)12-7)9(14)11-5-4-10-2/h6,10H,4-5H2,1-3H3,(H,11,14). The van der Waals surface area contributed by atoms with Crippen molar-refractivity contribution in [2.75, 3.05) is 20.1 Å². The number of nitrogens with one attached hydrogen (secondary N) is 2. The normalized spacial score (nSPS) is 10.2. The van der Waals surface area contributed by atoms with E-state index in [1.807, 2.05) is 14.0 Å². The van der Waals surface area contributed by atoms with Crippen molar-refractivity contribution in [3.63, 3.8) is 0 Å². The van der Waals surface area contributed by atoms with Gasteiger partial charge in [-0.25, -0.2) is 0 Å². The second-order valence-electron chi connectivity index (χ2n) is 3.15. The largest absolute Gasteiger partial charge is 0.349 e. The van der Waals surface area contributed by atoms with Crippen molar-refractivity contribution in [2.45, 2.75) is 6.92 Å². The van der Waals surface area contributed by atoms with Crippen LogP contribution >= 0.6 is 0 Å². The van der Waals surface area contributed by atoms with E-state index in [4.69, 9.17) is 0 Å². The first-order valence-electron chi connectivity index (χ1n) is 4.58. The van der Waals surface area contributed by atoms with Gasteiger partial charge in [0, 0.05) is 20.1 Å². The highest BCUT2D eigenvalue weighted by atomic mass is 16.2. The molecule has 0 aliphatic carbocycles. The van der Waals surface area contributed by atoms with Gasteiger partial charge in [0.05, 0.1) is 5.69 Å². The number of amides is 1. The van der Waals surface area contributed by atoms with Gasteiger partial charge in [0.1, 0.15) is 5.69 Å². The molecule has 1 aromatic rings. The molecule has 0 saturated heterocycles. The average Bonchev–Trinajstić information content (AvgIpc) is 2.45. The Kier molecular flexibility index (Phi) is 3.64. The average molecular weight is 196 g/mol. The first-order chi connectivity index (χ1) is 6.65. The van der Waals surface area contributed by atoms with E-state index in [2.05, 4.69) is 15.7 Å². The Morgan fingerprint density at radius 1 is 1.57 bits per heavy atom. The summed E-state index contributed by atoms with van der Waals surface area (Å²) >= 11 is 0. The Balaban J connectivity index is 2.56. The first kappa shape index (κ1) is 10.7. The Labute approximate surface area is 83.5 Å². The molecule has 2 N–H and O–H groups in total. The van der Waals surface area contributed by atoms with Gasteiger partial charge in [-0.15, -0.1) is 0 Å². The Morgan fingerprint density at radius 3 is 2.79 bits per heavy atom. The molecule has 1 heterocycles. The third kappa shape index (κ3) is 2.56. The molecular formula is C9H16N4O. The molecule has 78 valence electrons. The summed E-state index contributed by atoms with van der Waals surface area (Å²) in [4.78, 5) is 11.6. The van der Waals surface area contributed by atoms with Crippen molar-refractivity contribution >= 4 is 5.91 Å². The van der Waals surface area contributed by atoms with Crippen LogP contribution in [0.25, 0.3) is 0 Å². The Bertz CT molecular complexity index is 319. The van der Waals surface area contributed by atoms with Gasteiger partial charge in [-0.05, 0) is 20.0 Å². The number of likely N-dealkylation sites (N-methyl/N-ethyl adjacent to an activating group) is 1. The van der Waals surface area contributed by atoms with Crippen molar-refractivity contribution in [3.05, 3.63) is 17.5 Å². The van der Waals surface area contributed by atoms with Crippen LogP contribution in [0, 0.1) is 6.92 Å². The van der Waals surface area contributed by atoms with Gasteiger partial charge < -0.3 is 10.6 Å². The molecule has 0 unspecified atom stereocenters. The van der Waals surface area contributed by atoms with Crippen LogP contribution in [0.2, 0.25) is 0 Å². The Hall–Kier alpha value is -1.36. The van der Waals surface area contributed by atoms with E-state index in [1.54, 1.807) is 17.8 Å². The molecule has 1 amide bonds. The molecule has 0 fully saturated rings. The number of carbonyl (C=O) groups excluding carboxylic acids is 1. The zero-order valence-electron chi connectivity index (χ0n) is 8.79. The van der Waals surface area contributed by atoms with Crippen molar-refractivity contribution in [1.82, 2.24) is 20.4 Å². The van der Waals surface area contributed by atoms with E-state index < -0.39 is 0 Å². The van der Waals surface area contributed by atoms with Crippen LogP contribution in [0.5, 0.6) is 0 Å². The predicted octanol–water partition coefficient (Wildman–Crippen LogP) is -0.322. The second-order valence-corrected chi connectivity index (χ2v) is 3.15. The highest BCUT2D eigenvalue weighted by Crippen LogP contribution is 2.00. The van der Waals surface area contributed by atoms with Gasteiger partial charge >= 0.3 is 0 Å². The van der Waals surface area contributed by atoms with E-state index in [1.165, 1.54) is 0 Å². The molecule has 5 heteroatoms. The summed E-state index contributed by atoms with van der Waals surface area (Å²) in [6.45, 7) is 3.26. The maximum Gasteiger partial charge on any atom is 0.269 e. The fourth-order valence-corrected chi connectivity index (χ4v) is 1.21. The third-order valence-corrected chi connectivity index (χ3v) is 1.90. The summed E-state index contributed by atoms with van der Waals surface area (Å²) in [5.41, 5.74) is 1.45. The molecule has 0 spiro atoms. The zero-order chi connectivity index (χ0) is 10.6. The number of hydrogen-bond acceptors (Lipinski definition) is 3. The summed E-state index contributed by atoms with van der Waals surface area (Å²) in [5, 5.41) is 9.85. The summed E-state index contributed by atoms with van der Waals surface area (Å²) in [6, 6.07) is 1.77. The van der Waals surface area contributed by atoms with Crippen molar-refractivity contribution in [3.8, 4) is 0 Å². The molecule has 5 nitrogen and oxygen atoms in total. The first-order valence-corrected chi connectivity index (χ1v) is 4.58. The van der Waals surface area contributed by atoms with Gasteiger partial charge in [-0.3, -0.25) is 9.48 Å². The highest BCUT2D eigenvalue weighted by Gasteiger charge is 2.10. The zero-order valence-corrected chi connectivity index (χ0v) is 8.79. The van der Waals surface area contributed by atoms with E-state index in [9.17, 15) is 4.79 Å². The van der Waals surface area contributed by atoms with Crippen LogP contribution in [0.3, 0.4) is 0 Å². The minimum absolute atomic E-state index is 0.0802. The van der Waals surface area contributed by atoms with E-state index in [0.29, 0.717) is 12.2 Å². The van der Waals surface area contributed by atoms with Gasteiger partial charge in [0.15, 0.2) is 0 Å². The molecule has 0 atom stereocenters. The van der Waals surface area contributed by atoms with Crippen LogP contribution in [0.15, 0.2) is 6.07 Å². The lowest BCUT2D eigenvalue weighted by Gasteiger charge is -2.03. The predicted molar refractivity (Wildman–Crippen MR) is 54.2 cm³/mol. The molecule has 0 radical (unpaired) electrons. The number of hydrogen-bond donors (Lipinski definition) is 2. The van der Waals surface area contributed by atoms with Crippen LogP contribution in [-0.4, -0.2) is 35.8 Å². The lowest BCUT2D eigenvalue weighted by atomic mass is 10.3. The smallest absolute Gasteiger partial charge is 0.269 e. The molecule has 1 rings (SSSR count). The number of carbonyl (C=O) groups is 1. The highest BCUT2D eigenvalue weighted by molar-refractivity contribution is 5.92. The second kappa shape index (κ2) is 4.76. The number of nitrogens with zero attached hydrogens (tertiary/aromatic N) is 2. The maximum atomic E-state index is 11.6. The van der Waals surface area contributed by atoms with Gasteiger partial charge in [0.25, 0.3) is 5.91 Å². The molecule has 0 aliphatic heterocycles. The molecule has 14 heavy (non-hydrogen) atoms. The van der Waals surface area contributed by atoms with Crippen molar-refractivity contribution in [2.24, 2.45) is 7.05 Å². The summed E-state index contributed by atoms with van der Waals surface area (Å²) in [5.74, 6) is -0.0802. The quantitative estimate of drug-likeness (QED) is 0.649. The topological polar surface area (TPSA) is 58.9 Å². The number of rotatable bonds is 4. The molecule has 0 saturated carbocycles. The van der Waals surface area contributed by atoms with Crippen molar-refractivity contribution in [1.29, 1.82) is 0 Å². The van der Waals surface area contributed by atoms with Crippen LogP contribution in [0.4, 0.5) is 0 Å². The summed E-state index contributed by atoms with van der Waals surface area (Å²) in [7, 11) is 3.61. The van der Waals surface area contributed by atoms with Crippen LogP contribution in [0.1, 0.15) is 16.2 Å². The van der Waals surface area contributed by atoms with E-state index in [-0.39, 0.29) is 5.91 Å². The molecule has 0 bridgehead atoms. The van der Waals surface area contributed by atoms with Gasteiger partial charge in [-0.1, -0.05) is 0 Å². The lowest BCUT2D eigenvalue weighted by Crippen LogP contribution is -2.31. The SMILES string of the molecule is CNCCNC(=O)c1cc(C)nn1C. The molecule has 0 aromatic carbocycles. The van der Waals surface area contributed by atoms with E-state index in [0.717, 1.165) is 12.2 Å². The van der Waals surface area contributed by atoms with Gasteiger partial charge in [-0.2, -0.15) is 5.10 Å². The summed E-state index contributed by atoms with van der Waals surface area (Å²) < 4.78 is 1.59. The molecule has 0 aliphatic rings. The minimum atomic E-state index is -0.0802. The van der Waals surface area contributed by atoms with Crippen molar-refractivity contribution < 1.29 is 4.79 Å². The number of aromatic nitrogens is 2. The van der Waals surface area contributed by atoms with Crippen LogP contribution in [-0.2, 0) is 7.05 Å². The lowest BCUT2D eigenvalue weighted by molar-refractivity contribution is 0.0945. The van der Waals surface area contributed by atoms with Crippen LogP contribution < -0.4 is 10.6 Å². The third-order valence-electron chi connectivity index (χ3n) is 1.90. The fraction of sp³-hybridized carbons (Fsp3) is 0.556. The summed E-state index contributed by atoms with van der Waals surface area (Å²) in [6.07, 6.45) is 0.